The molecule has 2 N–H and O–H groups in total. The molecule has 2 heterocycles. The van der Waals surface area contributed by atoms with Gasteiger partial charge < -0.3 is 34.1 Å². The van der Waals surface area contributed by atoms with Crippen LogP contribution in [0.15, 0.2) is 18.2 Å². The number of carbonyl (C=O) groups excluding carboxylic acids is 6. The molecule has 2 unspecified atom stereocenters. The number of nitrogens with one attached hydrogen (secondary N) is 1. The van der Waals surface area contributed by atoms with Crippen LogP contribution < -0.4 is 24.3 Å². The maximum Gasteiger partial charge on any atom is 0.306 e. The third-order valence-electron chi connectivity index (χ3n) is 9.31. The van der Waals surface area contributed by atoms with E-state index >= 15 is 8.78 Å². The minimum atomic E-state index is -1.22. The average molecular weight is 819 g/mol. The number of halogens is 2. The first-order valence-electron chi connectivity index (χ1n) is 18.6. The van der Waals surface area contributed by atoms with Gasteiger partial charge in [-0.3, -0.25) is 38.5 Å². The zero-order valence-electron chi connectivity index (χ0n) is 32.4. The number of Topliss-reactive ketones (excluding diaryl/α,β-unsaturated/α-hetero) is 2. The summed E-state index contributed by atoms with van der Waals surface area (Å²) >= 11 is 1.01. The molecule has 2 aromatic carbocycles. The topological polar surface area (TPSA) is 201 Å². The number of carboxylic acids is 1. The van der Waals surface area contributed by atoms with Crippen LogP contribution in [0, 0.1) is 17.6 Å². The number of nitrogens with zero attached hydrogens (tertiary/aromatic N) is 1. The Balaban J connectivity index is 1.08. The molecule has 1 aliphatic carbocycles. The summed E-state index contributed by atoms with van der Waals surface area (Å²) in [7, 11) is 2.67. The van der Waals surface area contributed by atoms with Crippen molar-refractivity contribution < 1.29 is 72.5 Å². The van der Waals surface area contributed by atoms with Gasteiger partial charge in [-0.1, -0.05) is 0 Å². The van der Waals surface area contributed by atoms with Gasteiger partial charge in [-0.25, -0.2) is 8.78 Å². The van der Waals surface area contributed by atoms with E-state index in [0.717, 1.165) is 11.3 Å². The van der Waals surface area contributed by atoms with Crippen LogP contribution >= 0.6 is 11.3 Å². The van der Waals surface area contributed by atoms with Crippen molar-refractivity contribution >= 4 is 62.6 Å². The molecule has 57 heavy (non-hydrogen) atoms. The predicted octanol–water partition coefficient (Wildman–Crippen LogP) is 4.35. The van der Waals surface area contributed by atoms with Crippen molar-refractivity contribution in [3.8, 4) is 23.0 Å². The number of thiophene rings is 1. The number of ether oxygens (including phenoxy) is 5. The zero-order valence-corrected chi connectivity index (χ0v) is 32.2. The molecule has 3 aromatic rings. The first-order chi connectivity index (χ1) is 27.6. The third-order valence-corrected chi connectivity index (χ3v) is 10.4. The van der Waals surface area contributed by atoms with Crippen molar-refractivity contribution in [3.05, 3.63) is 45.8 Å². The number of fused-ring (bicyclic) bond motifs is 2. The van der Waals surface area contributed by atoms with Gasteiger partial charge in [-0.2, -0.15) is 0 Å². The van der Waals surface area contributed by atoms with Gasteiger partial charge >= 0.3 is 11.9 Å². The molecule has 0 bridgehead atoms. The lowest BCUT2D eigenvalue weighted by atomic mass is 9.97. The first-order valence-corrected chi connectivity index (χ1v) is 18.9. The highest BCUT2D eigenvalue weighted by Crippen LogP contribution is 2.42. The second-order valence-corrected chi connectivity index (χ2v) is 14.5. The Morgan fingerprint density at radius 2 is 1.63 bits per heavy atom. The monoisotopic (exact) mass is 818 g/mol. The van der Waals surface area contributed by atoms with E-state index in [1.54, 1.807) is 6.07 Å². The fourth-order valence-electron chi connectivity index (χ4n) is 6.37. The highest BCUT2D eigenvalue weighted by molar-refractivity contribution is 7.20. The number of imide groups is 1. The summed E-state index contributed by atoms with van der Waals surface area (Å²) in [6, 6.07) is 4.47. The van der Waals surface area contributed by atoms with Gasteiger partial charge in [-0.05, 0) is 43.0 Å². The van der Waals surface area contributed by atoms with Gasteiger partial charge in [0.1, 0.15) is 18.4 Å². The molecule has 1 aromatic heterocycles. The number of amides is 3. The Kier molecular flexibility index (Phi) is 13.7. The number of ketones is 2. The van der Waals surface area contributed by atoms with Gasteiger partial charge in [0.25, 0.3) is 0 Å². The summed E-state index contributed by atoms with van der Waals surface area (Å²) in [5, 5.41) is 11.5. The molecule has 1 aliphatic heterocycles. The summed E-state index contributed by atoms with van der Waals surface area (Å²) in [6.07, 6.45) is -2.81. The Bertz CT molecular complexity index is 2130. The first kappa shape index (κ1) is 41.0. The Hall–Kier alpha value is -5.65. The van der Waals surface area contributed by atoms with Crippen LogP contribution in [0.1, 0.15) is 74.0 Å². The molecule has 306 valence electrons. The Morgan fingerprint density at radius 3 is 2.28 bits per heavy atom. The molecule has 18 heteroatoms. The lowest BCUT2D eigenvalue weighted by Crippen LogP contribution is -2.42. The van der Waals surface area contributed by atoms with E-state index in [0.29, 0.717) is 15.2 Å². The summed E-state index contributed by atoms with van der Waals surface area (Å²) < 4.78 is 66.7. The maximum atomic E-state index is 15.8. The lowest BCUT2D eigenvalue weighted by molar-refractivity contribution is -0.149. The average Bonchev–Trinajstić information content (AvgIpc) is 3.89. The molecule has 5 rings (SSSR count). The van der Waals surface area contributed by atoms with Crippen molar-refractivity contribution in [2.24, 2.45) is 5.92 Å². The second kappa shape index (κ2) is 19.0. The van der Waals surface area contributed by atoms with Gasteiger partial charge in [0.15, 0.2) is 40.4 Å². The summed E-state index contributed by atoms with van der Waals surface area (Å²) in [6.45, 7) is 0.740. The largest absolute Gasteiger partial charge is 0.493 e. The number of benzene rings is 2. The molecule has 2 aliphatic rings. The quantitative estimate of drug-likeness (QED) is 0.0666. The zero-order chi connectivity index (χ0) is 42.3. The van der Waals surface area contributed by atoms with Crippen LogP contribution in [0.25, 0.3) is 10.1 Å². The van der Waals surface area contributed by atoms with Crippen molar-refractivity contribution in [1.29, 1.82) is 0 Å². The minimum absolute atomic E-state index is 0.0598. The van der Waals surface area contributed by atoms with E-state index < -0.39 is 72.0 Å². The fraction of sp³-hybridized carbons (Fsp3) is 0.462. The highest BCUT2D eigenvalue weighted by Gasteiger charge is 2.33. The Labute approximate surface area is 330 Å². The third kappa shape index (κ3) is 10.4. The molecular weight excluding hydrogens is 774 g/mol. The van der Waals surface area contributed by atoms with Gasteiger partial charge in [0, 0.05) is 55.5 Å². The standard InChI is InChI=1S/C39H42F2N2O13S/c1-20(18-42-31(46)19-43-32(47)7-8-33(43)48)56-35(51)10-6-25(44)22-13-21-15-27(52-2)38(36(40)23(21)14-22)54-11-4-12-55-39-28(53-3)17-29-24(37(39)41)16-30(57-29)26(45)5-9-34(49)50/h15-17,20,22H,4-14,18-19H2,1-3H3,(H,42,46)(H,49,50)/t20-,22?/m0/s1/i7T/t7?,20-,22?. The van der Waals surface area contributed by atoms with Crippen molar-refractivity contribution in [3.63, 3.8) is 0 Å². The lowest BCUT2D eigenvalue weighted by Gasteiger charge is -2.16. The molecule has 3 atom stereocenters. The van der Waals surface area contributed by atoms with E-state index in [9.17, 15) is 33.6 Å². The molecule has 15 nitrogen and oxygen atoms in total. The molecular formula is C39H42F2N2O13S. The van der Waals surface area contributed by atoms with E-state index in [-0.39, 0.29) is 116 Å². The summed E-state index contributed by atoms with van der Waals surface area (Å²) in [5.74, 6) is -6.75. The van der Waals surface area contributed by atoms with E-state index in [4.69, 9.17) is 30.2 Å². The normalized spacial score (nSPS) is 16.9. The highest BCUT2D eigenvalue weighted by atomic mass is 32.1. The predicted molar refractivity (Wildman–Crippen MR) is 198 cm³/mol. The second-order valence-electron chi connectivity index (χ2n) is 13.4. The molecule has 3 amide bonds. The van der Waals surface area contributed by atoms with Crippen LogP contribution in [0.5, 0.6) is 23.0 Å². The molecule has 0 saturated carbocycles. The van der Waals surface area contributed by atoms with Crippen molar-refractivity contribution in [2.75, 3.05) is 40.5 Å². The number of carboxylic acid groups (broad SMARTS) is 1. The molecule has 1 saturated heterocycles. The fourth-order valence-corrected chi connectivity index (χ4v) is 7.42. The van der Waals surface area contributed by atoms with Crippen LogP contribution in [0.3, 0.4) is 0 Å². The van der Waals surface area contributed by atoms with Crippen LogP contribution in [-0.2, 0) is 46.3 Å². The molecule has 0 spiro atoms. The Morgan fingerprint density at radius 1 is 0.947 bits per heavy atom. The number of hydrogen-bond acceptors (Lipinski definition) is 13. The number of aliphatic carboxylic acids is 1. The van der Waals surface area contributed by atoms with Crippen LogP contribution in [0.2, 0.25) is 0 Å². The van der Waals surface area contributed by atoms with E-state index in [2.05, 4.69) is 5.32 Å². The maximum absolute atomic E-state index is 15.8. The number of carbonyl (C=O) groups is 7. The van der Waals surface area contributed by atoms with Crippen molar-refractivity contribution in [1.82, 2.24) is 10.2 Å². The molecule has 1 fully saturated rings. The van der Waals surface area contributed by atoms with E-state index in [1.165, 1.54) is 33.3 Å². The van der Waals surface area contributed by atoms with Gasteiger partial charge in [0.2, 0.25) is 17.7 Å². The van der Waals surface area contributed by atoms with Gasteiger partial charge in [0.05, 0.1) is 51.7 Å². The van der Waals surface area contributed by atoms with Crippen LogP contribution in [-0.4, -0.2) is 97.9 Å². The molecule has 0 radical (unpaired) electrons. The van der Waals surface area contributed by atoms with Crippen LogP contribution in [0.4, 0.5) is 8.78 Å². The number of likely N-dealkylation sites (tertiary alicyclic amines) is 1. The number of esters is 1. The summed E-state index contributed by atoms with van der Waals surface area (Å²) in [5.41, 5.74) is 0.841. The number of hydrogen-bond donors (Lipinski definition) is 2. The number of methoxy groups -OCH3 is 2. The van der Waals surface area contributed by atoms with Crippen molar-refractivity contribution in [2.45, 2.75) is 70.8 Å². The van der Waals surface area contributed by atoms with E-state index in [1.807, 2.05) is 0 Å². The van der Waals surface area contributed by atoms with Gasteiger partial charge in [-0.15, -0.1) is 11.3 Å². The number of rotatable bonds is 21. The smallest absolute Gasteiger partial charge is 0.306 e. The summed E-state index contributed by atoms with van der Waals surface area (Å²) in [4.78, 5) is 85.5. The SMILES string of the molecule is [3H]C1CC(=O)N(CC(=O)NC[C@H](C)OC(=O)CCC(=O)C2Cc3cc(OC)c(OCCCOc4c(OC)cc5sc(C(=O)CCC(=O)O)cc5c4F)c(F)c3C2)C1=O. The minimum Gasteiger partial charge on any atom is -0.493 e.